The molecule has 0 bridgehead atoms. The molecule has 0 amide bonds. The minimum Gasteiger partial charge on any atom is -0.488 e. The Bertz CT molecular complexity index is 465. The van der Waals surface area contributed by atoms with Crippen LogP contribution in [0.25, 0.3) is 0 Å². The van der Waals surface area contributed by atoms with E-state index >= 15 is 0 Å². The summed E-state index contributed by atoms with van der Waals surface area (Å²) in [5.74, 6) is 2.60. The molecule has 1 saturated heterocycles. The van der Waals surface area contributed by atoms with E-state index < -0.39 is 0 Å². The summed E-state index contributed by atoms with van der Waals surface area (Å²) in [7, 11) is 0. The van der Waals surface area contributed by atoms with Crippen LogP contribution in [0.2, 0.25) is 0 Å². The minimum atomic E-state index is -0.0602. The highest BCUT2D eigenvalue weighted by Crippen LogP contribution is 2.38. The summed E-state index contributed by atoms with van der Waals surface area (Å²) in [6.45, 7) is 9.31. The Morgan fingerprint density at radius 3 is 2.14 bits per heavy atom. The van der Waals surface area contributed by atoms with Crippen LogP contribution < -0.4 is 9.64 Å². The normalized spacial score (nSPS) is 26.2. The molecule has 0 N–H and O–H groups in total. The Hall–Kier alpha value is -1.18. The topological polar surface area (TPSA) is 12.5 Å². The van der Waals surface area contributed by atoms with Crippen LogP contribution in [0.15, 0.2) is 24.3 Å². The van der Waals surface area contributed by atoms with Gasteiger partial charge in [-0.2, -0.15) is 0 Å². The molecule has 1 aromatic carbocycles. The molecular formula is C20H31NO. The van der Waals surface area contributed by atoms with Crippen molar-refractivity contribution in [2.45, 2.75) is 64.9 Å². The Morgan fingerprint density at radius 2 is 1.55 bits per heavy atom. The van der Waals surface area contributed by atoms with Crippen molar-refractivity contribution in [3.63, 3.8) is 0 Å². The van der Waals surface area contributed by atoms with E-state index in [1.165, 1.54) is 57.3 Å². The van der Waals surface area contributed by atoms with Crippen LogP contribution in [-0.2, 0) is 0 Å². The van der Waals surface area contributed by atoms with Gasteiger partial charge >= 0.3 is 0 Å². The Kier molecular flexibility index (Phi) is 4.65. The molecule has 2 nitrogen and oxygen atoms in total. The number of anilines is 1. The highest BCUT2D eigenvalue weighted by molar-refractivity contribution is 5.49. The van der Waals surface area contributed by atoms with E-state index in [1.54, 1.807) is 0 Å². The van der Waals surface area contributed by atoms with Gasteiger partial charge in [0.25, 0.3) is 0 Å². The highest BCUT2D eigenvalue weighted by Gasteiger charge is 2.34. The number of benzene rings is 1. The first-order valence-corrected chi connectivity index (χ1v) is 9.08. The smallest absolute Gasteiger partial charge is 0.120 e. The standard InChI is InChI=1S/C20H31NO/c1-16-6-8-17(9-7-16)20(2,3)22-19-12-10-18(11-13-19)21-14-4-5-15-21/h10-13,16-17H,4-9,14-15H2,1-3H3. The second kappa shape index (κ2) is 6.52. The monoisotopic (exact) mass is 301 g/mol. The van der Waals surface area contributed by atoms with E-state index in [2.05, 4.69) is 49.9 Å². The van der Waals surface area contributed by atoms with Crippen LogP contribution in [0.5, 0.6) is 5.75 Å². The second-order valence-electron chi connectivity index (χ2n) is 7.85. The largest absolute Gasteiger partial charge is 0.488 e. The number of nitrogens with zero attached hydrogens (tertiary/aromatic N) is 1. The van der Waals surface area contributed by atoms with Crippen molar-refractivity contribution in [3.8, 4) is 5.75 Å². The lowest BCUT2D eigenvalue weighted by Gasteiger charge is -2.39. The molecule has 1 aliphatic heterocycles. The number of hydrogen-bond donors (Lipinski definition) is 0. The number of ether oxygens (including phenoxy) is 1. The number of hydrogen-bond acceptors (Lipinski definition) is 2. The van der Waals surface area contributed by atoms with Crippen LogP contribution in [0.3, 0.4) is 0 Å². The van der Waals surface area contributed by atoms with Crippen molar-refractivity contribution < 1.29 is 4.74 Å². The van der Waals surface area contributed by atoms with E-state index in [9.17, 15) is 0 Å². The van der Waals surface area contributed by atoms with E-state index in [1.807, 2.05) is 0 Å². The van der Waals surface area contributed by atoms with Gasteiger partial charge in [-0.3, -0.25) is 0 Å². The predicted octanol–water partition coefficient (Wildman–Crippen LogP) is 5.27. The molecule has 1 aliphatic carbocycles. The lowest BCUT2D eigenvalue weighted by atomic mass is 9.75. The maximum Gasteiger partial charge on any atom is 0.120 e. The van der Waals surface area contributed by atoms with Crippen LogP contribution in [-0.4, -0.2) is 18.7 Å². The highest BCUT2D eigenvalue weighted by atomic mass is 16.5. The lowest BCUT2D eigenvalue weighted by molar-refractivity contribution is 0.0188. The van der Waals surface area contributed by atoms with Crippen molar-refractivity contribution >= 4 is 5.69 Å². The maximum atomic E-state index is 6.38. The van der Waals surface area contributed by atoms with Gasteiger partial charge in [-0.1, -0.05) is 19.8 Å². The fraction of sp³-hybridized carbons (Fsp3) is 0.700. The summed E-state index contributed by atoms with van der Waals surface area (Å²) >= 11 is 0. The molecule has 3 rings (SSSR count). The quantitative estimate of drug-likeness (QED) is 0.751. The Labute approximate surface area is 135 Å². The third-order valence-electron chi connectivity index (χ3n) is 5.69. The maximum absolute atomic E-state index is 6.38. The molecule has 1 saturated carbocycles. The molecule has 1 aromatic rings. The van der Waals surface area contributed by atoms with Crippen molar-refractivity contribution in [2.24, 2.45) is 11.8 Å². The molecule has 22 heavy (non-hydrogen) atoms. The summed E-state index contributed by atoms with van der Waals surface area (Å²) < 4.78 is 6.38. The van der Waals surface area contributed by atoms with Crippen molar-refractivity contribution in [3.05, 3.63) is 24.3 Å². The van der Waals surface area contributed by atoms with Crippen molar-refractivity contribution in [1.29, 1.82) is 0 Å². The van der Waals surface area contributed by atoms with Crippen LogP contribution in [0.4, 0.5) is 5.69 Å². The third-order valence-corrected chi connectivity index (χ3v) is 5.69. The fourth-order valence-electron chi connectivity index (χ4n) is 4.04. The summed E-state index contributed by atoms with van der Waals surface area (Å²) in [6, 6.07) is 8.75. The van der Waals surface area contributed by atoms with E-state index in [0.717, 1.165) is 11.7 Å². The zero-order valence-electron chi connectivity index (χ0n) is 14.5. The molecule has 122 valence electrons. The SMILES string of the molecule is CC1CCC(C(C)(C)Oc2ccc(N3CCCC3)cc2)CC1. The van der Waals surface area contributed by atoms with Gasteiger partial charge in [-0.05, 0) is 75.6 Å². The lowest BCUT2D eigenvalue weighted by Crippen LogP contribution is -2.39. The van der Waals surface area contributed by atoms with Gasteiger partial charge in [-0.15, -0.1) is 0 Å². The zero-order chi connectivity index (χ0) is 15.6. The van der Waals surface area contributed by atoms with Crippen LogP contribution in [0, 0.1) is 11.8 Å². The first-order chi connectivity index (χ1) is 10.5. The van der Waals surface area contributed by atoms with Gasteiger partial charge in [0.1, 0.15) is 11.4 Å². The predicted molar refractivity (Wildman–Crippen MR) is 93.7 cm³/mol. The van der Waals surface area contributed by atoms with E-state index in [-0.39, 0.29) is 5.60 Å². The van der Waals surface area contributed by atoms with Gasteiger partial charge in [0.05, 0.1) is 0 Å². The summed E-state index contributed by atoms with van der Waals surface area (Å²) in [5, 5.41) is 0. The summed E-state index contributed by atoms with van der Waals surface area (Å²) in [6.07, 6.45) is 7.97. The average molecular weight is 301 g/mol. The second-order valence-corrected chi connectivity index (χ2v) is 7.85. The summed E-state index contributed by atoms with van der Waals surface area (Å²) in [4.78, 5) is 2.47. The van der Waals surface area contributed by atoms with Crippen molar-refractivity contribution in [2.75, 3.05) is 18.0 Å². The molecule has 1 heterocycles. The minimum absolute atomic E-state index is 0.0602. The van der Waals surface area contributed by atoms with Crippen LogP contribution in [0.1, 0.15) is 59.3 Å². The molecule has 2 aliphatic rings. The Balaban J connectivity index is 1.61. The van der Waals surface area contributed by atoms with Crippen LogP contribution >= 0.6 is 0 Å². The molecule has 0 atom stereocenters. The summed E-state index contributed by atoms with van der Waals surface area (Å²) in [5.41, 5.74) is 1.28. The van der Waals surface area contributed by atoms with Gasteiger partial charge in [0.2, 0.25) is 0 Å². The van der Waals surface area contributed by atoms with Gasteiger partial charge < -0.3 is 9.64 Å². The molecular weight excluding hydrogens is 270 g/mol. The van der Waals surface area contributed by atoms with E-state index in [0.29, 0.717) is 5.92 Å². The molecule has 2 fully saturated rings. The molecule has 0 radical (unpaired) electrons. The fourth-order valence-corrected chi connectivity index (χ4v) is 4.04. The van der Waals surface area contributed by atoms with E-state index in [4.69, 9.17) is 4.74 Å². The van der Waals surface area contributed by atoms with Gasteiger partial charge in [0.15, 0.2) is 0 Å². The average Bonchev–Trinajstić information content (AvgIpc) is 3.02. The first kappa shape index (κ1) is 15.7. The third kappa shape index (κ3) is 3.59. The Morgan fingerprint density at radius 1 is 0.955 bits per heavy atom. The zero-order valence-corrected chi connectivity index (χ0v) is 14.5. The van der Waals surface area contributed by atoms with Gasteiger partial charge in [0, 0.05) is 18.8 Å². The first-order valence-electron chi connectivity index (χ1n) is 9.08. The molecule has 0 aromatic heterocycles. The van der Waals surface area contributed by atoms with Gasteiger partial charge in [-0.25, -0.2) is 0 Å². The number of rotatable bonds is 4. The molecule has 0 spiro atoms. The molecule has 2 heteroatoms. The molecule has 0 unspecified atom stereocenters. The van der Waals surface area contributed by atoms with Crippen molar-refractivity contribution in [1.82, 2.24) is 0 Å².